The maximum Gasteiger partial charge on any atom is 0.416 e. The summed E-state index contributed by atoms with van der Waals surface area (Å²) in [6, 6.07) is 2.80. The lowest BCUT2D eigenvalue weighted by Gasteiger charge is -2.28. The molecule has 1 fully saturated rings. The Morgan fingerprint density at radius 1 is 1.24 bits per heavy atom. The molecule has 1 aromatic rings. The Kier molecular flexibility index (Phi) is 4.44. The van der Waals surface area contributed by atoms with E-state index in [1.165, 1.54) is 6.07 Å². The minimum Gasteiger partial charge on any atom is -0.458 e. The van der Waals surface area contributed by atoms with Crippen LogP contribution < -0.4 is 5.73 Å². The van der Waals surface area contributed by atoms with Gasteiger partial charge < -0.3 is 10.5 Å². The third-order valence-electron chi connectivity index (χ3n) is 3.81. The summed E-state index contributed by atoms with van der Waals surface area (Å²) < 4.78 is 43.5. The van der Waals surface area contributed by atoms with Gasteiger partial charge in [-0.15, -0.1) is 0 Å². The van der Waals surface area contributed by atoms with Crippen molar-refractivity contribution in [3.05, 3.63) is 29.3 Å². The van der Waals surface area contributed by atoms with Crippen LogP contribution in [0.5, 0.6) is 0 Å². The molecule has 1 aliphatic rings. The summed E-state index contributed by atoms with van der Waals surface area (Å²) in [6.07, 6.45) is -1.01. The average molecular weight is 301 g/mol. The number of nitrogens with two attached hydrogens (primary N) is 1. The summed E-state index contributed by atoms with van der Waals surface area (Å²) >= 11 is 0. The lowest BCUT2D eigenvalue weighted by Crippen LogP contribution is -2.28. The van der Waals surface area contributed by atoms with E-state index in [-0.39, 0.29) is 23.3 Å². The quantitative estimate of drug-likeness (QED) is 0.663. The van der Waals surface area contributed by atoms with E-state index >= 15 is 0 Å². The Morgan fingerprint density at radius 3 is 2.52 bits per heavy atom. The average Bonchev–Trinajstić information content (AvgIpc) is 2.39. The molecule has 6 heteroatoms. The van der Waals surface area contributed by atoms with Crippen molar-refractivity contribution < 1.29 is 22.7 Å². The second kappa shape index (κ2) is 5.95. The van der Waals surface area contributed by atoms with Gasteiger partial charge in [-0.25, -0.2) is 4.79 Å². The molecule has 1 aromatic carbocycles. The zero-order chi connectivity index (χ0) is 15.6. The summed E-state index contributed by atoms with van der Waals surface area (Å²) in [5, 5.41) is 0. The number of carbonyl (C=O) groups is 1. The number of halogens is 3. The number of alkyl halides is 3. The van der Waals surface area contributed by atoms with Crippen molar-refractivity contribution in [2.75, 3.05) is 5.73 Å². The maximum absolute atomic E-state index is 12.7. The van der Waals surface area contributed by atoms with Crippen LogP contribution in [0.3, 0.4) is 0 Å². The zero-order valence-electron chi connectivity index (χ0n) is 11.7. The molecule has 2 atom stereocenters. The van der Waals surface area contributed by atoms with Crippen LogP contribution >= 0.6 is 0 Å². The van der Waals surface area contributed by atoms with E-state index in [1.54, 1.807) is 0 Å². The molecule has 1 aliphatic carbocycles. The second-order valence-electron chi connectivity index (χ2n) is 5.55. The Hall–Kier alpha value is -1.72. The van der Waals surface area contributed by atoms with E-state index in [1.807, 2.05) is 6.92 Å². The number of esters is 1. The van der Waals surface area contributed by atoms with E-state index in [0.717, 1.165) is 37.8 Å². The number of ether oxygens (including phenoxy) is 1. The lowest BCUT2D eigenvalue weighted by molar-refractivity contribution is -0.137. The predicted octanol–water partition coefficient (Wildman–Crippen LogP) is 4.02. The van der Waals surface area contributed by atoms with Crippen LogP contribution in [-0.2, 0) is 10.9 Å². The molecule has 0 saturated heterocycles. The zero-order valence-corrected chi connectivity index (χ0v) is 11.7. The third kappa shape index (κ3) is 3.89. The highest BCUT2D eigenvalue weighted by Gasteiger charge is 2.32. The van der Waals surface area contributed by atoms with Crippen LogP contribution in [0, 0.1) is 5.92 Å². The van der Waals surface area contributed by atoms with Crippen LogP contribution in [0.4, 0.5) is 18.9 Å². The molecule has 0 heterocycles. The normalized spacial score (nSPS) is 22.9. The van der Waals surface area contributed by atoms with Gasteiger partial charge in [0.1, 0.15) is 6.10 Å². The summed E-state index contributed by atoms with van der Waals surface area (Å²) in [5.41, 5.74) is 4.25. The molecule has 3 nitrogen and oxygen atoms in total. The number of nitrogen functional groups attached to an aromatic ring is 1. The standard InChI is InChI=1S/C15H18F3NO2/c1-9-4-2-3-5-13(9)21-14(20)10-6-11(15(16,17)18)8-12(19)7-10/h6-9,13H,2-5,19H2,1H3. The van der Waals surface area contributed by atoms with Crippen LogP contribution in [0.2, 0.25) is 0 Å². The van der Waals surface area contributed by atoms with Gasteiger partial charge in [0.25, 0.3) is 0 Å². The summed E-state index contributed by atoms with van der Waals surface area (Å²) in [5.74, 6) is -0.516. The molecule has 0 spiro atoms. The fraction of sp³-hybridized carbons (Fsp3) is 0.533. The first-order valence-electron chi connectivity index (χ1n) is 6.96. The number of hydrogen-bond donors (Lipinski definition) is 1. The highest BCUT2D eigenvalue weighted by atomic mass is 19.4. The lowest BCUT2D eigenvalue weighted by atomic mass is 9.88. The molecule has 2 rings (SSSR count). The van der Waals surface area contributed by atoms with Crippen molar-refractivity contribution in [1.29, 1.82) is 0 Å². The van der Waals surface area contributed by atoms with Crippen molar-refractivity contribution in [3.8, 4) is 0 Å². The first-order chi connectivity index (χ1) is 9.77. The molecule has 1 saturated carbocycles. The molecular weight excluding hydrogens is 283 g/mol. The van der Waals surface area contributed by atoms with Crippen molar-refractivity contribution in [2.24, 2.45) is 5.92 Å². The van der Waals surface area contributed by atoms with Gasteiger partial charge in [0.2, 0.25) is 0 Å². The Bertz CT molecular complexity index is 528. The number of benzene rings is 1. The van der Waals surface area contributed by atoms with Crippen molar-refractivity contribution in [3.63, 3.8) is 0 Å². The predicted molar refractivity (Wildman–Crippen MR) is 72.7 cm³/mol. The summed E-state index contributed by atoms with van der Waals surface area (Å²) in [6.45, 7) is 1.98. The first kappa shape index (κ1) is 15.7. The van der Waals surface area contributed by atoms with Crippen LogP contribution in [0.1, 0.15) is 48.5 Å². The fourth-order valence-corrected chi connectivity index (χ4v) is 2.60. The molecule has 0 amide bonds. The van der Waals surface area contributed by atoms with E-state index < -0.39 is 17.7 Å². The molecule has 21 heavy (non-hydrogen) atoms. The van der Waals surface area contributed by atoms with Crippen LogP contribution in [0.15, 0.2) is 18.2 Å². The molecule has 2 N–H and O–H groups in total. The minimum atomic E-state index is -4.54. The fourth-order valence-electron chi connectivity index (χ4n) is 2.60. The number of anilines is 1. The van der Waals surface area contributed by atoms with Gasteiger partial charge in [-0.05, 0) is 43.4 Å². The maximum atomic E-state index is 12.7. The second-order valence-corrected chi connectivity index (χ2v) is 5.55. The SMILES string of the molecule is CC1CCCCC1OC(=O)c1cc(N)cc(C(F)(F)F)c1. The molecule has 0 radical (unpaired) electrons. The highest BCUT2D eigenvalue weighted by Crippen LogP contribution is 2.32. The van der Waals surface area contributed by atoms with E-state index in [2.05, 4.69) is 0 Å². The highest BCUT2D eigenvalue weighted by molar-refractivity contribution is 5.91. The van der Waals surface area contributed by atoms with E-state index in [9.17, 15) is 18.0 Å². The first-order valence-corrected chi connectivity index (χ1v) is 6.96. The van der Waals surface area contributed by atoms with Gasteiger partial charge in [-0.1, -0.05) is 13.3 Å². The van der Waals surface area contributed by atoms with E-state index in [4.69, 9.17) is 10.5 Å². The number of rotatable bonds is 2. The molecule has 0 aromatic heterocycles. The molecule has 0 aliphatic heterocycles. The van der Waals surface area contributed by atoms with Gasteiger partial charge >= 0.3 is 12.1 Å². The molecule has 2 unspecified atom stereocenters. The van der Waals surface area contributed by atoms with E-state index in [0.29, 0.717) is 0 Å². The third-order valence-corrected chi connectivity index (χ3v) is 3.81. The van der Waals surface area contributed by atoms with Crippen molar-refractivity contribution >= 4 is 11.7 Å². The molecule has 0 bridgehead atoms. The Balaban J connectivity index is 2.17. The minimum absolute atomic E-state index is 0.103. The smallest absolute Gasteiger partial charge is 0.416 e. The summed E-state index contributed by atoms with van der Waals surface area (Å²) in [4.78, 5) is 12.0. The van der Waals surface area contributed by atoms with Crippen molar-refractivity contribution in [1.82, 2.24) is 0 Å². The molecule has 116 valence electrons. The van der Waals surface area contributed by atoms with Gasteiger partial charge in [0.05, 0.1) is 11.1 Å². The Morgan fingerprint density at radius 2 is 1.90 bits per heavy atom. The van der Waals surface area contributed by atoms with Crippen LogP contribution in [-0.4, -0.2) is 12.1 Å². The van der Waals surface area contributed by atoms with Crippen LogP contribution in [0.25, 0.3) is 0 Å². The van der Waals surface area contributed by atoms with Gasteiger partial charge in [-0.3, -0.25) is 0 Å². The van der Waals surface area contributed by atoms with Gasteiger partial charge in [-0.2, -0.15) is 13.2 Å². The number of carbonyl (C=O) groups excluding carboxylic acids is 1. The monoisotopic (exact) mass is 301 g/mol. The number of hydrogen-bond acceptors (Lipinski definition) is 3. The Labute approximate surface area is 121 Å². The van der Waals surface area contributed by atoms with Gasteiger partial charge in [0.15, 0.2) is 0 Å². The topological polar surface area (TPSA) is 52.3 Å². The molecular formula is C15H18F3NO2. The van der Waals surface area contributed by atoms with Crippen molar-refractivity contribution in [2.45, 2.75) is 44.9 Å². The van der Waals surface area contributed by atoms with Gasteiger partial charge in [0, 0.05) is 5.69 Å². The largest absolute Gasteiger partial charge is 0.458 e. The summed E-state index contributed by atoms with van der Waals surface area (Å²) in [7, 11) is 0.